The van der Waals surface area contributed by atoms with Crippen LogP contribution in [0.2, 0.25) is 0 Å². The zero-order valence-corrected chi connectivity index (χ0v) is 64.0. The van der Waals surface area contributed by atoms with E-state index >= 15 is 0 Å². The number of phosphoric acid groups is 2. The minimum atomic E-state index is -4.98. The Hall–Kier alpha value is -3.50. The van der Waals surface area contributed by atoms with Crippen molar-refractivity contribution in [1.29, 1.82) is 0 Å². The van der Waals surface area contributed by atoms with Crippen molar-refractivity contribution >= 4 is 39.5 Å². The van der Waals surface area contributed by atoms with E-state index < -0.39 is 97.5 Å². The summed E-state index contributed by atoms with van der Waals surface area (Å²) >= 11 is 0. The van der Waals surface area contributed by atoms with Crippen LogP contribution in [0, 0.1) is 0 Å². The van der Waals surface area contributed by atoms with Crippen molar-refractivity contribution in [3.8, 4) is 0 Å². The van der Waals surface area contributed by atoms with Crippen LogP contribution in [-0.4, -0.2) is 96.7 Å². The highest BCUT2D eigenvalue weighted by molar-refractivity contribution is 7.47. The van der Waals surface area contributed by atoms with Crippen LogP contribution in [0.15, 0.2) is 72.9 Å². The second-order valence-electron chi connectivity index (χ2n) is 26.3. The molecular formula is C79H142O17P2. The molecule has 570 valence electrons. The molecule has 0 aromatic heterocycles. The summed E-state index contributed by atoms with van der Waals surface area (Å²) in [5.74, 6) is -2.22. The normalized spacial score (nSPS) is 14.3. The van der Waals surface area contributed by atoms with Gasteiger partial charge < -0.3 is 33.8 Å². The van der Waals surface area contributed by atoms with Gasteiger partial charge in [0.1, 0.15) is 19.3 Å². The molecule has 19 heteroatoms. The number of esters is 4. The van der Waals surface area contributed by atoms with Gasteiger partial charge in [0.15, 0.2) is 12.2 Å². The summed E-state index contributed by atoms with van der Waals surface area (Å²) in [4.78, 5) is 72.9. The predicted octanol–water partition coefficient (Wildman–Crippen LogP) is 22.4. The lowest BCUT2D eigenvalue weighted by atomic mass is 10.0. The first-order chi connectivity index (χ1) is 47.7. The highest BCUT2D eigenvalue weighted by atomic mass is 31.2. The molecule has 0 bridgehead atoms. The van der Waals surface area contributed by atoms with Crippen molar-refractivity contribution < 1.29 is 80.2 Å². The smallest absolute Gasteiger partial charge is 0.462 e. The maximum Gasteiger partial charge on any atom is 0.472 e. The number of aliphatic hydroxyl groups excluding tert-OH is 1. The molecule has 0 saturated carbocycles. The van der Waals surface area contributed by atoms with Crippen LogP contribution in [0.3, 0.4) is 0 Å². The van der Waals surface area contributed by atoms with Crippen LogP contribution in [-0.2, 0) is 65.4 Å². The van der Waals surface area contributed by atoms with Gasteiger partial charge in [0.25, 0.3) is 0 Å². The lowest BCUT2D eigenvalue weighted by Crippen LogP contribution is -2.30. The molecule has 17 nitrogen and oxygen atoms in total. The largest absolute Gasteiger partial charge is 0.472 e. The van der Waals surface area contributed by atoms with Crippen molar-refractivity contribution in [2.75, 3.05) is 39.6 Å². The molecule has 0 aromatic rings. The molecule has 0 spiro atoms. The Morgan fingerprint density at radius 1 is 0.296 bits per heavy atom. The number of hydrogen-bond acceptors (Lipinski definition) is 15. The SMILES string of the molecule is CC/C=C\C/C=C\C/C=C\C/C=C\C/C=C\CCCC(=O)OCC(COP(=O)(O)OCC(O)COP(=O)(O)OCC(COC(=O)CCCCCCCCCCCCCCCCC)OC(=O)CCCCCCCCCCCCCCC)OC(=O)CCCCCCC/C=C\CCCCCC. The Labute approximate surface area is 596 Å². The lowest BCUT2D eigenvalue weighted by molar-refractivity contribution is -0.161. The highest BCUT2D eigenvalue weighted by Gasteiger charge is 2.30. The molecular weight excluding hydrogens is 1280 g/mol. The third kappa shape index (κ3) is 70.9. The molecule has 0 rings (SSSR count). The number of ether oxygens (including phenoxy) is 4. The van der Waals surface area contributed by atoms with Crippen LogP contribution in [0.1, 0.15) is 349 Å². The second kappa shape index (κ2) is 71.9. The number of rotatable bonds is 74. The summed E-state index contributed by atoms with van der Waals surface area (Å²) in [6.45, 7) is 4.73. The van der Waals surface area contributed by atoms with Gasteiger partial charge in [-0.15, -0.1) is 0 Å². The Kier molecular flexibility index (Phi) is 69.3. The van der Waals surface area contributed by atoms with Crippen molar-refractivity contribution in [2.45, 2.75) is 367 Å². The van der Waals surface area contributed by atoms with Gasteiger partial charge in [-0.1, -0.05) is 306 Å². The molecule has 0 heterocycles. The van der Waals surface area contributed by atoms with Crippen LogP contribution in [0.5, 0.6) is 0 Å². The molecule has 0 aliphatic carbocycles. The molecule has 3 N–H and O–H groups in total. The molecule has 0 aliphatic heterocycles. The quantitative estimate of drug-likeness (QED) is 0.0169. The fourth-order valence-corrected chi connectivity index (χ4v) is 12.3. The third-order valence-electron chi connectivity index (χ3n) is 16.7. The van der Waals surface area contributed by atoms with Crippen LogP contribution in [0.25, 0.3) is 0 Å². The van der Waals surface area contributed by atoms with E-state index in [1.165, 1.54) is 148 Å². The molecule has 0 fully saturated rings. The molecule has 0 radical (unpaired) electrons. The van der Waals surface area contributed by atoms with Gasteiger partial charge in [-0.25, -0.2) is 9.13 Å². The molecule has 5 unspecified atom stereocenters. The van der Waals surface area contributed by atoms with E-state index in [-0.39, 0.29) is 25.7 Å². The molecule has 0 amide bonds. The Morgan fingerprint density at radius 2 is 0.541 bits per heavy atom. The molecule has 98 heavy (non-hydrogen) atoms. The van der Waals surface area contributed by atoms with E-state index in [2.05, 4.69) is 88.5 Å². The van der Waals surface area contributed by atoms with Gasteiger partial charge in [0, 0.05) is 25.7 Å². The number of carbonyl (C=O) groups excluding carboxylic acids is 4. The fraction of sp³-hybridized carbons (Fsp3) is 0.797. The Morgan fingerprint density at radius 3 is 0.878 bits per heavy atom. The van der Waals surface area contributed by atoms with Gasteiger partial charge in [-0.2, -0.15) is 0 Å². The summed E-state index contributed by atoms with van der Waals surface area (Å²) in [6.07, 6.45) is 71.8. The lowest BCUT2D eigenvalue weighted by Gasteiger charge is -2.21. The van der Waals surface area contributed by atoms with E-state index in [0.29, 0.717) is 32.1 Å². The number of hydrogen-bond donors (Lipinski definition) is 3. The van der Waals surface area contributed by atoms with E-state index in [9.17, 15) is 43.2 Å². The standard InChI is InChI=1S/C79H142O17P2/c1-5-9-13-17-21-25-29-33-35-36-38-42-44-48-52-56-60-64-77(82)90-70-75(96-79(84)66-62-58-54-50-46-40-32-28-24-20-16-12-8-4)72-94-98(87,88)92-68-73(80)67-91-97(85,86)93-71-74(95-78(83)65-61-57-53-49-45-39-31-27-23-19-15-11-7-3)69-89-76(81)63-59-55-51-47-43-41-37-34-30-26-22-18-14-10-6-2/h9,13,21,25,28,32-33,35,38,42,48,52,73-75,80H,5-8,10-12,14-20,22-24,26-27,29-31,34,36-37,39-41,43-47,49-51,53-72H2,1-4H3,(H,85,86)(H,87,88)/b13-9-,25-21-,32-28-,35-33-,42-38-,52-48-. The first-order valence-electron chi connectivity index (χ1n) is 39.2. The second-order valence-corrected chi connectivity index (χ2v) is 29.2. The van der Waals surface area contributed by atoms with E-state index in [4.69, 9.17) is 37.0 Å². The van der Waals surface area contributed by atoms with E-state index in [1.54, 1.807) is 0 Å². The predicted molar refractivity (Wildman–Crippen MR) is 400 cm³/mol. The van der Waals surface area contributed by atoms with E-state index in [1.807, 2.05) is 12.2 Å². The van der Waals surface area contributed by atoms with Gasteiger partial charge in [0.05, 0.1) is 26.4 Å². The molecule has 0 aliphatic rings. The summed E-state index contributed by atoms with van der Waals surface area (Å²) in [7, 11) is -9.95. The topological polar surface area (TPSA) is 237 Å². The third-order valence-corrected chi connectivity index (χ3v) is 18.6. The minimum absolute atomic E-state index is 0.0751. The van der Waals surface area contributed by atoms with Crippen molar-refractivity contribution in [1.82, 2.24) is 0 Å². The van der Waals surface area contributed by atoms with Crippen molar-refractivity contribution in [3.63, 3.8) is 0 Å². The summed E-state index contributed by atoms with van der Waals surface area (Å²) in [6, 6.07) is 0. The maximum atomic E-state index is 13.1. The van der Waals surface area contributed by atoms with Crippen molar-refractivity contribution in [3.05, 3.63) is 72.9 Å². The number of allylic oxidation sites excluding steroid dienone is 12. The molecule has 0 saturated heterocycles. The first kappa shape index (κ1) is 94.5. The molecule has 0 aromatic carbocycles. The Bertz CT molecular complexity index is 2140. The van der Waals surface area contributed by atoms with Crippen molar-refractivity contribution in [2.24, 2.45) is 0 Å². The number of aliphatic hydroxyl groups is 1. The Balaban J connectivity index is 5.35. The minimum Gasteiger partial charge on any atom is -0.462 e. The zero-order valence-electron chi connectivity index (χ0n) is 62.2. The first-order valence-corrected chi connectivity index (χ1v) is 42.2. The van der Waals surface area contributed by atoms with Gasteiger partial charge in [-0.3, -0.25) is 37.3 Å². The summed E-state index contributed by atoms with van der Waals surface area (Å²) < 4.78 is 68.5. The van der Waals surface area contributed by atoms with Crippen LogP contribution in [0.4, 0.5) is 0 Å². The van der Waals surface area contributed by atoms with Gasteiger partial charge >= 0.3 is 39.5 Å². The zero-order chi connectivity index (χ0) is 71.8. The van der Waals surface area contributed by atoms with Gasteiger partial charge in [-0.05, 0) is 89.9 Å². The highest BCUT2D eigenvalue weighted by Crippen LogP contribution is 2.45. The molecule has 5 atom stereocenters. The van der Waals surface area contributed by atoms with Crippen LogP contribution < -0.4 is 0 Å². The monoisotopic (exact) mass is 1420 g/mol. The van der Waals surface area contributed by atoms with E-state index in [0.717, 1.165) is 116 Å². The number of unbranched alkanes of at least 4 members (excludes halogenated alkanes) is 36. The summed E-state index contributed by atoms with van der Waals surface area (Å²) in [5.41, 5.74) is 0. The average Bonchev–Trinajstić information content (AvgIpc) is 0.969. The van der Waals surface area contributed by atoms with Crippen LogP contribution >= 0.6 is 15.6 Å². The average molecular weight is 1430 g/mol. The number of phosphoric ester groups is 2. The van der Waals surface area contributed by atoms with Gasteiger partial charge in [0.2, 0.25) is 0 Å². The summed E-state index contributed by atoms with van der Waals surface area (Å²) in [5, 5.41) is 10.6. The fourth-order valence-electron chi connectivity index (χ4n) is 10.7. The maximum absolute atomic E-state index is 13.1. The number of carbonyl (C=O) groups is 4.